The molecule has 4 rings (SSSR count). The van der Waals surface area contributed by atoms with E-state index >= 15 is 0 Å². The molecule has 2 aliphatic heterocycles. The first kappa shape index (κ1) is 24.0. The Hall–Kier alpha value is -2.09. The Morgan fingerprint density at radius 2 is 1.88 bits per heavy atom. The van der Waals surface area contributed by atoms with Gasteiger partial charge in [-0.1, -0.05) is 45.2 Å². The predicted molar refractivity (Wildman–Crippen MR) is 119 cm³/mol. The van der Waals surface area contributed by atoms with Crippen LogP contribution in [-0.2, 0) is 22.3 Å². The number of hydrogen-bond donors (Lipinski definition) is 1. The highest BCUT2D eigenvalue weighted by Gasteiger charge is 2.53. The molecule has 1 aliphatic carbocycles. The van der Waals surface area contributed by atoms with Crippen LogP contribution in [0.2, 0.25) is 0 Å². The normalized spacial score (nSPS) is 24.6. The Morgan fingerprint density at radius 1 is 1.21 bits per heavy atom. The van der Waals surface area contributed by atoms with Crippen LogP contribution in [-0.4, -0.2) is 46.4 Å². The quantitative estimate of drug-likeness (QED) is 0.694. The van der Waals surface area contributed by atoms with E-state index in [9.17, 15) is 22.8 Å². The second-order valence-corrected chi connectivity index (χ2v) is 9.97. The maximum atomic E-state index is 13.5. The lowest BCUT2D eigenvalue weighted by Crippen LogP contribution is -2.59. The summed E-state index contributed by atoms with van der Waals surface area (Å²) in [5, 5.41) is 3.57. The highest BCUT2D eigenvalue weighted by molar-refractivity contribution is 5.85. The number of alkyl halides is 3. The van der Waals surface area contributed by atoms with E-state index in [4.69, 9.17) is 0 Å². The van der Waals surface area contributed by atoms with E-state index in [1.54, 1.807) is 11.0 Å². The molecule has 1 aromatic rings. The van der Waals surface area contributed by atoms with Crippen molar-refractivity contribution in [2.24, 2.45) is 11.8 Å². The summed E-state index contributed by atoms with van der Waals surface area (Å²) in [6, 6.07) is 4.87. The number of hydrogen-bond acceptors (Lipinski definition) is 3. The third-order valence-electron chi connectivity index (χ3n) is 7.89. The SMILES string of the molecule is CC[C@@H](C)[C@H]1NC2(CCN(C(=O)C3CCCC3)CC2)N(Cc2cccc(C(F)(F)F)c2)C1=O. The molecule has 8 heteroatoms. The van der Waals surface area contributed by atoms with Crippen LogP contribution in [0, 0.1) is 11.8 Å². The summed E-state index contributed by atoms with van der Waals surface area (Å²) < 4.78 is 39.7. The minimum atomic E-state index is -4.42. The van der Waals surface area contributed by atoms with E-state index in [0.29, 0.717) is 31.5 Å². The van der Waals surface area contributed by atoms with E-state index in [-0.39, 0.29) is 36.2 Å². The molecule has 33 heavy (non-hydrogen) atoms. The monoisotopic (exact) mass is 465 g/mol. The van der Waals surface area contributed by atoms with Crippen LogP contribution in [0.4, 0.5) is 13.2 Å². The molecule has 5 nitrogen and oxygen atoms in total. The molecule has 2 saturated heterocycles. The number of benzene rings is 1. The third kappa shape index (κ3) is 4.77. The van der Waals surface area contributed by atoms with Crippen molar-refractivity contribution in [3.05, 3.63) is 35.4 Å². The zero-order chi connectivity index (χ0) is 23.8. The maximum absolute atomic E-state index is 13.5. The molecule has 2 atom stereocenters. The molecule has 3 fully saturated rings. The van der Waals surface area contributed by atoms with Gasteiger partial charge in [0.1, 0.15) is 0 Å². The highest BCUT2D eigenvalue weighted by atomic mass is 19.4. The number of nitrogens with zero attached hydrogens (tertiary/aromatic N) is 2. The Bertz CT molecular complexity index is 874. The fraction of sp³-hybridized carbons (Fsp3) is 0.680. The summed E-state index contributed by atoms with van der Waals surface area (Å²) >= 11 is 0. The van der Waals surface area contributed by atoms with Crippen LogP contribution in [0.15, 0.2) is 24.3 Å². The molecular formula is C25H34F3N3O2. The Kier molecular flexibility index (Phi) is 6.76. The van der Waals surface area contributed by atoms with Crippen LogP contribution < -0.4 is 5.32 Å². The van der Waals surface area contributed by atoms with Gasteiger partial charge in [-0.05, 0) is 36.5 Å². The van der Waals surface area contributed by atoms with Gasteiger partial charge in [0, 0.05) is 38.4 Å². The largest absolute Gasteiger partial charge is 0.416 e. The van der Waals surface area contributed by atoms with Gasteiger partial charge in [-0.2, -0.15) is 13.2 Å². The molecule has 1 saturated carbocycles. The molecule has 1 spiro atoms. The van der Waals surface area contributed by atoms with E-state index in [2.05, 4.69) is 5.32 Å². The average Bonchev–Trinajstić information content (AvgIpc) is 3.42. The number of piperidine rings is 1. The fourth-order valence-corrected chi connectivity index (χ4v) is 5.63. The van der Waals surface area contributed by atoms with E-state index in [1.165, 1.54) is 6.07 Å². The zero-order valence-corrected chi connectivity index (χ0v) is 19.5. The number of carbonyl (C=O) groups excluding carboxylic acids is 2. The van der Waals surface area contributed by atoms with Gasteiger partial charge in [0.25, 0.3) is 0 Å². The number of halogens is 3. The predicted octanol–water partition coefficient (Wildman–Crippen LogP) is 4.56. The van der Waals surface area contributed by atoms with Crippen molar-refractivity contribution in [1.82, 2.24) is 15.1 Å². The minimum absolute atomic E-state index is 0.0580. The summed E-state index contributed by atoms with van der Waals surface area (Å²) in [4.78, 5) is 30.0. The molecular weight excluding hydrogens is 431 g/mol. The minimum Gasteiger partial charge on any atom is -0.342 e. The molecule has 0 bridgehead atoms. The lowest BCUT2D eigenvalue weighted by molar-refractivity contribution is -0.140. The molecule has 0 unspecified atom stereocenters. The molecule has 0 aromatic heterocycles. The highest BCUT2D eigenvalue weighted by Crippen LogP contribution is 2.38. The first-order chi connectivity index (χ1) is 15.6. The van der Waals surface area contributed by atoms with E-state index < -0.39 is 17.4 Å². The average molecular weight is 466 g/mol. The molecule has 2 heterocycles. The van der Waals surface area contributed by atoms with Crippen LogP contribution in [0.25, 0.3) is 0 Å². The zero-order valence-electron chi connectivity index (χ0n) is 19.5. The lowest BCUT2D eigenvalue weighted by Gasteiger charge is -2.45. The summed E-state index contributed by atoms with van der Waals surface area (Å²) in [6.07, 6.45) is 1.68. The van der Waals surface area contributed by atoms with Gasteiger partial charge < -0.3 is 9.80 Å². The number of rotatable bonds is 5. The number of amides is 2. The Balaban J connectivity index is 1.55. The van der Waals surface area contributed by atoms with Gasteiger partial charge in [0.2, 0.25) is 11.8 Å². The van der Waals surface area contributed by atoms with Crippen molar-refractivity contribution in [1.29, 1.82) is 0 Å². The number of carbonyl (C=O) groups is 2. The third-order valence-corrected chi connectivity index (χ3v) is 7.89. The number of nitrogens with one attached hydrogen (secondary N) is 1. The topological polar surface area (TPSA) is 52.7 Å². The second-order valence-electron chi connectivity index (χ2n) is 9.97. The van der Waals surface area contributed by atoms with Crippen LogP contribution in [0.1, 0.15) is 69.9 Å². The molecule has 1 aromatic carbocycles. The first-order valence-electron chi connectivity index (χ1n) is 12.2. The summed E-state index contributed by atoms with van der Waals surface area (Å²) in [5.74, 6) is 0.386. The van der Waals surface area contributed by atoms with E-state index in [1.807, 2.05) is 18.7 Å². The van der Waals surface area contributed by atoms with Crippen LogP contribution in [0.3, 0.4) is 0 Å². The van der Waals surface area contributed by atoms with Gasteiger partial charge in [0.05, 0.1) is 17.3 Å². The standard InChI is InChI=1S/C25H34F3N3O2/c1-3-17(2)21-23(33)31(16-18-7-6-10-20(15-18)25(26,27)28)24(29-21)11-13-30(14-12-24)22(32)19-8-4-5-9-19/h6-7,10,15,17,19,21,29H,3-5,8-9,11-14,16H2,1-2H3/t17-,21-/m1/s1. The summed E-state index contributed by atoms with van der Waals surface area (Å²) in [7, 11) is 0. The molecule has 1 N–H and O–H groups in total. The number of likely N-dealkylation sites (tertiary alicyclic amines) is 1. The van der Waals surface area contributed by atoms with Crippen LogP contribution in [0.5, 0.6) is 0 Å². The summed E-state index contributed by atoms with van der Waals surface area (Å²) in [5.41, 5.74) is -0.871. The van der Waals surface area contributed by atoms with Crippen molar-refractivity contribution in [3.8, 4) is 0 Å². The van der Waals surface area contributed by atoms with Gasteiger partial charge >= 0.3 is 6.18 Å². The Morgan fingerprint density at radius 3 is 2.48 bits per heavy atom. The molecule has 0 radical (unpaired) electrons. The van der Waals surface area contributed by atoms with Crippen molar-refractivity contribution in [2.45, 2.75) is 83.2 Å². The van der Waals surface area contributed by atoms with Gasteiger partial charge in [-0.3, -0.25) is 14.9 Å². The van der Waals surface area contributed by atoms with Gasteiger partial charge in [0.15, 0.2) is 0 Å². The fourth-order valence-electron chi connectivity index (χ4n) is 5.63. The lowest BCUT2D eigenvalue weighted by atomic mass is 9.93. The maximum Gasteiger partial charge on any atom is 0.416 e. The van der Waals surface area contributed by atoms with Crippen molar-refractivity contribution < 1.29 is 22.8 Å². The summed E-state index contributed by atoms with van der Waals surface area (Å²) in [6.45, 7) is 5.30. The van der Waals surface area contributed by atoms with Gasteiger partial charge in [-0.15, -0.1) is 0 Å². The van der Waals surface area contributed by atoms with Crippen molar-refractivity contribution >= 4 is 11.8 Å². The first-order valence-corrected chi connectivity index (χ1v) is 12.2. The molecule has 3 aliphatic rings. The smallest absolute Gasteiger partial charge is 0.342 e. The van der Waals surface area contributed by atoms with Gasteiger partial charge in [-0.25, -0.2) is 0 Å². The van der Waals surface area contributed by atoms with E-state index in [0.717, 1.165) is 44.2 Å². The van der Waals surface area contributed by atoms with Crippen LogP contribution >= 0.6 is 0 Å². The molecule has 2 amide bonds. The van der Waals surface area contributed by atoms with Crippen molar-refractivity contribution in [3.63, 3.8) is 0 Å². The van der Waals surface area contributed by atoms with Crippen molar-refractivity contribution in [2.75, 3.05) is 13.1 Å². The molecule has 182 valence electrons. The Labute approximate surface area is 193 Å². The second kappa shape index (κ2) is 9.28.